The van der Waals surface area contributed by atoms with Crippen LogP contribution in [0.1, 0.15) is 24.0 Å². The number of primary amides is 1. The van der Waals surface area contributed by atoms with E-state index in [0.29, 0.717) is 13.2 Å². The predicted octanol–water partition coefficient (Wildman–Crippen LogP) is 2.79. The lowest BCUT2D eigenvalue weighted by atomic mass is 10.1. The Balaban J connectivity index is 1.48. The van der Waals surface area contributed by atoms with E-state index in [1.54, 1.807) is 4.90 Å². The summed E-state index contributed by atoms with van der Waals surface area (Å²) in [5.41, 5.74) is 8.09. The Morgan fingerprint density at radius 2 is 1.69 bits per heavy atom. The van der Waals surface area contributed by atoms with Gasteiger partial charge in [-0.1, -0.05) is 42.5 Å². The fraction of sp³-hybridized carbons (Fsp3) is 0.381. The number of urea groups is 1. The molecule has 2 aromatic rings. The van der Waals surface area contributed by atoms with Crippen LogP contribution in [0.3, 0.4) is 0 Å². The Bertz CT molecular complexity index is 682. The van der Waals surface area contributed by atoms with Crippen LogP contribution >= 0.6 is 0 Å². The molecule has 1 fully saturated rings. The third-order valence-corrected chi connectivity index (χ3v) is 4.81. The molecule has 5 nitrogen and oxygen atoms in total. The second-order valence-corrected chi connectivity index (χ2v) is 6.67. The summed E-state index contributed by atoms with van der Waals surface area (Å²) in [5, 5.41) is 3.30. The first-order valence-corrected chi connectivity index (χ1v) is 9.25. The van der Waals surface area contributed by atoms with Crippen molar-refractivity contribution in [3.05, 3.63) is 65.7 Å². The van der Waals surface area contributed by atoms with E-state index in [0.717, 1.165) is 38.1 Å². The Morgan fingerprint density at radius 3 is 2.35 bits per heavy atom. The number of nitrogens with two attached hydrogens (primary N) is 1. The minimum absolute atomic E-state index is 0.214. The van der Waals surface area contributed by atoms with Gasteiger partial charge in [-0.3, -0.25) is 0 Å². The summed E-state index contributed by atoms with van der Waals surface area (Å²) in [6.45, 7) is 2.83. The van der Waals surface area contributed by atoms with Gasteiger partial charge in [0, 0.05) is 6.04 Å². The first-order chi connectivity index (χ1) is 12.7. The van der Waals surface area contributed by atoms with Crippen molar-refractivity contribution in [2.45, 2.75) is 25.3 Å². The van der Waals surface area contributed by atoms with Crippen molar-refractivity contribution in [1.82, 2.24) is 10.2 Å². The van der Waals surface area contributed by atoms with Gasteiger partial charge in [-0.25, -0.2) is 4.79 Å². The Labute approximate surface area is 155 Å². The second kappa shape index (κ2) is 9.25. The fourth-order valence-electron chi connectivity index (χ4n) is 3.39. The van der Waals surface area contributed by atoms with Crippen LogP contribution in [0.15, 0.2) is 54.6 Å². The molecule has 0 spiro atoms. The molecule has 0 radical (unpaired) electrons. The summed E-state index contributed by atoms with van der Waals surface area (Å²) in [6, 6.07) is 18.4. The zero-order chi connectivity index (χ0) is 18.2. The highest BCUT2D eigenvalue weighted by molar-refractivity contribution is 5.72. The Kier molecular flexibility index (Phi) is 6.50. The highest BCUT2D eigenvalue weighted by Crippen LogP contribution is 2.16. The topological polar surface area (TPSA) is 67.6 Å². The number of ether oxygens (including phenoxy) is 1. The van der Waals surface area contributed by atoms with Crippen LogP contribution in [0.4, 0.5) is 4.79 Å². The summed E-state index contributed by atoms with van der Waals surface area (Å²) in [4.78, 5) is 13.5. The van der Waals surface area contributed by atoms with Gasteiger partial charge in [-0.05, 0) is 55.6 Å². The molecular weight excluding hydrogens is 326 g/mol. The zero-order valence-corrected chi connectivity index (χ0v) is 15.1. The van der Waals surface area contributed by atoms with E-state index >= 15 is 0 Å². The summed E-state index contributed by atoms with van der Waals surface area (Å²) in [6.07, 6.45) is 2.79. The molecule has 138 valence electrons. The number of piperidine rings is 1. The van der Waals surface area contributed by atoms with Crippen molar-refractivity contribution in [2.75, 3.05) is 26.2 Å². The first kappa shape index (κ1) is 18.3. The molecule has 2 amide bonds. The molecule has 0 aliphatic carbocycles. The van der Waals surface area contributed by atoms with E-state index in [1.807, 2.05) is 18.2 Å². The molecule has 3 rings (SSSR count). The predicted molar refractivity (Wildman–Crippen MR) is 103 cm³/mol. The molecule has 0 unspecified atom stereocenters. The quantitative estimate of drug-likeness (QED) is 0.804. The number of carbonyl (C=O) groups excluding carboxylic acids is 1. The van der Waals surface area contributed by atoms with Crippen LogP contribution in [0.2, 0.25) is 0 Å². The van der Waals surface area contributed by atoms with E-state index in [2.05, 4.69) is 41.7 Å². The van der Waals surface area contributed by atoms with E-state index in [1.165, 1.54) is 11.1 Å². The fourth-order valence-corrected chi connectivity index (χ4v) is 3.39. The second-order valence-electron chi connectivity index (χ2n) is 6.67. The van der Waals surface area contributed by atoms with E-state index in [-0.39, 0.29) is 12.1 Å². The van der Waals surface area contributed by atoms with E-state index in [4.69, 9.17) is 10.5 Å². The van der Waals surface area contributed by atoms with Gasteiger partial charge in [-0.15, -0.1) is 0 Å². The van der Waals surface area contributed by atoms with Crippen molar-refractivity contribution in [3.63, 3.8) is 0 Å². The lowest BCUT2D eigenvalue weighted by molar-refractivity contribution is 0.149. The molecule has 0 atom stereocenters. The monoisotopic (exact) mass is 353 g/mol. The van der Waals surface area contributed by atoms with Crippen molar-refractivity contribution < 1.29 is 9.53 Å². The Morgan fingerprint density at radius 1 is 1.04 bits per heavy atom. The Hall–Kier alpha value is -2.53. The van der Waals surface area contributed by atoms with E-state index in [9.17, 15) is 4.79 Å². The number of amides is 2. The van der Waals surface area contributed by atoms with Crippen LogP contribution in [-0.4, -0.2) is 43.2 Å². The van der Waals surface area contributed by atoms with Crippen LogP contribution < -0.4 is 15.8 Å². The van der Waals surface area contributed by atoms with Gasteiger partial charge in [-0.2, -0.15) is 0 Å². The SMILES string of the molecule is NC(=O)N(CCOc1ccc(Cc2ccccc2)cc1)C1CCNCC1. The van der Waals surface area contributed by atoms with Gasteiger partial charge in [0.25, 0.3) is 0 Å². The van der Waals surface area contributed by atoms with Crippen LogP contribution in [0.25, 0.3) is 0 Å². The highest BCUT2D eigenvalue weighted by Gasteiger charge is 2.23. The number of hydrogen-bond acceptors (Lipinski definition) is 3. The van der Waals surface area contributed by atoms with Crippen LogP contribution in [0, 0.1) is 0 Å². The number of nitrogens with zero attached hydrogens (tertiary/aromatic N) is 1. The largest absolute Gasteiger partial charge is 0.492 e. The lowest BCUT2D eigenvalue weighted by Gasteiger charge is -2.33. The van der Waals surface area contributed by atoms with E-state index < -0.39 is 0 Å². The summed E-state index contributed by atoms with van der Waals surface area (Å²) < 4.78 is 5.82. The standard InChI is InChI=1S/C21H27N3O2/c22-21(25)24(19-10-12-23-13-11-19)14-15-26-20-8-6-18(7-9-20)16-17-4-2-1-3-5-17/h1-9,19,23H,10-16H2,(H2,22,25). The molecule has 1 aliphatic heterocycles. The van der Waals surface area contributed by atoms with Gasteiger partial charge < -0.3 is 20.7 Å². The number of rotatable bonds is 7. The van der Waals surface area contributed by atoms with Gasteiger partial charge in [0.2, 0.25) is 0 Å². The summed E-state index contributed by atoms with van der Waals surface area (Å²) in [5.74, 6) is 0.816. The molecule has 3 N–H and O–H groups in total. The molecule has 0 aromatic heterocycles. The molecule has 2 aromatic carbocycles. The van der Waals surface area contributed by atoms with Gasteiger partial charge in [0.05, 0.1) is 6.54 Å². The van der Waals surface area contributed by atoms with Crippen molar-refractivity contribution in [3.8, 4) is 5.75 Å². The van der Waals surface area contributed by atoms with Gasteiger partial charge >= 0.3 is 6.03 Å². The van der Waals surface area contributed by atoms with Crippen molar-refractivity contribution in [2.24, 2.45) is 5.73 Å². The minimum atomic E-state index is -0.362. The van der Waals surface area contributed by atoms with Crippen LogP contribution in [0.5, 0.6) is 5.75 Å². The molecule has 1 aliphatic rings. The maximum Gasteiger partial charge on any atom is 0.315 e. The van der Waals surface area contributed by atoms with Crippen molar-refractivity contribution in [1.29, 1.82) is 0 Å². The van der Waals surface area contributed by atoms with Crippen molar-refractivity contribution >= 4 is 6.03 Å². The zero-order valence-electron chi connectivity index (χ0n) is 15.1. The molecule has 1 heterocycles. The number of benzene rings is 2. The van der Waals surface area contributed by atoms with Crippen LogP contribution in [-0.2, 0) is 6.42 Å². The smallest absolute Gasteiger partial charge is 0.315 e. The highest BCUT2D eigenvalue weighted by atomic mass is 16.5. The molecule has 5 heteroatoms. The first-order valence-electron chi connectivity index (χ1n) is 9.25. The lowest BCUT2D eigenvalue weighted by Crippen LogP contribution is -2.49. The molecular formula is C21H27N3O2. The van der Waals surface area contributed by atoms with Gasteiger partial charge in [0.15, 0.2) is 0 Å². The minimum Gasteiger partial charge on any atom is -0.492 e. The maximum atomic E-state index is 11.7. The number of hydrogen-bond donors (Lipinski definition) is 2. The third-order valence-electron chi connectivity index (χ3n) is 4.81. The maximum absolute atomic E-state index is 11.7. The molecule has 0 saturated carbocycles. The summed E-state index contributed by atoms with van der Waals surface area (Å²) >= 11 is 0. The third kappa shape index (κ3) is 5.23. The number of carbonyl (C=O) groups is 1. The molecule has 26 heavy (non-hydrogen) atoms. The number of nitrogens with one attached hydrogen (secondary N) is 1. The average molecular weight is 353 g/mol. The normalized spacial score (nSPS) is 14.8. The van der Waals surface area contributed by atoms with Gasteiger partial charge in [0.1, 0.15) is 12.4 Å². The summed E-state index contributed by atoms with van der Waals surface area (Å²) in [7, 11) is 0. The molecule has 0 bridgehead atoms. The molecule has 1 saturated heterocycles. The average Bonchev–Trinajstić information content (AvgIpc) is 2.68.